The molecule has 1 atom stereocenters. The van der Waals surface area contributed by atoms with Gasteiger partial charge in [-0.25, -0.2) is 8.42 Å². The summed E-state index contributed by atoms with van der Waals surface area (Å²) in [6.07, 6.45) is -4.53. The first-order valence-corrected chi connectivity index (χ1v) is 13.6. The summed E-state index contributed by atoms with van der Waals surface area (Å²) in [7, 11) is -2.33. The van der Waals surface area contributed by atoms with Gasteiger partial charge in [0.1, 0.15) is 20.4 Å². The second kappa shape index (κ2) is 9.99. The Kier molecular flexibility index (Phi) is 7.53. The van der Waals surface area contributed by atoms with Crippen LogP contribution in [0.3, 0.4) is 0 Å². The molecule has 0 saturated carbocycles. The molecule has 5 nitrogen and oxygen atoms in total. The number of hydrogen-bond acceptors (Lipinski definition) is 5. The number of alkyl halides is 3. The fourth-order valence-electron chi connectivity index (χ4n) is 3.66. The molecule has 2 heterocycles. The third-order valence-electron chi connectivity index (χ3n) is 5.33. The number of likely N-dealkylation sites (N-methyl/N-ethyl adjacent to an activating group) is 1. The Morgan fingerprint density at radius 2 is 1.83 bits per heavy atom. The molecule has 0 aliphatic carbocycles. The second-order valence-corrected chi connectivity index (χ2v) is 12.4. The first-order valence-electron chi connectivity index (χ1n) is 10.2. The molecule has 1 aromatic heterocycles. The van der Waals surface area contributed by atoms with E-state index in [1.165, 1.54) is 12.1 Å². The number of nitrogens with one attached hydrogen (secondary N) is 1. The number of rotatable bonds is 6. The summed E-state index contributed by atoms with van der Waals surface area (Å²) in [5, 5.41) is 0.695. The third kappa shape index (κ3) is 6.00. The Morgan fingerprint density at radius 1 is 1.09 bits per heavy atom. The Balaban J connectivity index is 1.63. The fraction of sp³-hybridized carbons (Fsp3) is 0.273. The summed E-state index contributed by atoms with van der Waals surface area (Å²) in [5.74, 6) is -0.434. The molecule has 13 heteroatoms. The molecule has 1 N–H and O–H groups in total. The molecule has 1 fully saturated rings. The van der Waals surface area contributed by atoms with Crippen LogP contribution in [0, 0.1) is 0 Å². The molecule has 2 aromatic carbocycles. The number of sulfonamides is 1. The SMILES string of the molecule is CN1CC[C@@H](Oc2cc(NS(=O)(=O)c3cc(-c4ccc(Cl)cc4Cl)c(Cl)s3)ccc2C(F)(F)F)C1. The molecule has 0 spiro atoms. The van der Waals surface area contributed by atoms with Gasteiger partial charge < -0.3 is 9.64 Å². The van der Waals surface area contributed by atoms with Gasteiger partial charge in [0.25, 0.3) is 10.0 Å². The minimum Gasteiger partial charge on any atom is -0.488 e. The highest BCUT2D eigenvalue weighted by Gasteiger charge is 2.36. The summed E-state index contributed by atoms with van der Waals surface area (Å²) < 4.78 is 74.7. The highest BCUT2D eigenvalue weighted by atomic mass is 35.5. The molecule has 0 amide bonds. The number of ether oxygens (including phenoxy) is 1. The van der Waals surface area contributed by atoms with E-state index in [4.69, 9.17) is 39.5 Å². The van der Waals surface area contributed by atoms with Crippen LogP contribution in [0.4, 0.5) is 18.9 Å². The zero-order valence-corrected chi connectivity index (χ0v) is 21.9. The maximum absolute atomic E-state index is 13.5. The summed E-state index contributed by atoms with van der Waals surface area (Å²) in [5.41, 5.74) is -0.171. The maximum Gasteiger partial charge on any atom is 0.419 e. The van der Waals surface area contributed by atoms with Crippen molar-refractivity contribution in [1.29, 1.82) is 0 Å². The number of halogens is 6. The predicted octanol–water partition coefficient (Wildman–Crippen LogP) is 7.28. The van der Waals surface area contributed by atoms with Crippen LogP contribution >= 0.6 is 46.1 Å². The van der Waals surface area contributed by atoms with E-state index in [0.717, 1.165) is 29.5 Å². The fourth-order valence-corrected chi connectivity index (χ4v) is 6.97. The Labute approximate surface area is 219 Å². The van der Waals surface area contributed by atoms with Crippen LogP contribution in [0.15, 0.2) is 46.7 Å². The van der Waals surface area contributed by atoms with Gasteiger partial charge in [0, 0.05) is 40.3 Å². The number of benzene rings is 2. The Morgan fingerprint density at radius 3 is 2.46 bits per heavy atom. The highest BCUT2D eigenvalue weighted by molar-refractivity contribution is 7.94. The van der Waals surface area contributed by atoms with E-state index in [0.29, 0.717) is 35.7 Å². The number of hydrogen-bond donors (Lipinski definition) is 1. The lowest BCUT2D eigenvalue weighted by Gasteiger charge is -2.19. The van der Waals surface area contributed by atoms with Crippen LogP contribution in [-0.4, -0.2) is 39.6 Å². The van der Waals surface area contributed by atoms with E-state index in [-0.39, 0.29) is 19.3 Å². The van der Waals surface area contributed by atoms with Gasteiger partial charge in [-0.15, -0.1) is 11.3 Å². The van der Waals surface area contributed by atoms with Crippen molar-refractivity contribution in [2.75, 3.05) is 24.9 Å². The van der Waals surface area contributed by atoms with Gasteiger partial charge in [-0.1, -0.05) is 40.9 Å². The van der Waals surface area contributed by atoms with E-state index in [1.807, 2.05) is 11.9 Å². The van der Waals surface area contributed by atoms with Crippen LogP contribution in [0.25, 0.3) is 11.1 Å². The van der Waals surface area contributed by atoms with Gasteiger partial charge in [0.15, 0.2) is 0 Å². The van der Waals surface area contributed by atoms with Gasteiger partial charge in [-0.2, -0.15) is 13.2 Å². The van der Waals surface area contributed by atoms with Crippen LogP contribution in [-0.2, 0) is 16.2 Å². The van der Waals surface area contributed by atoms with Crippen molar-refractivity contribution in [1.82, 2.24) is 4.90 Å². The zero-order valence-electron chi connectivity index (χ0n) is 18.0. The van der Waals surface area contributed by atoms with Gasteiger partial charge in [-0.3, -0.25) is 4.72 Å². The smallest absolute Gasteiger partial charge is 0.419 e. The van der Waals surface area contributed by atoms with Crippen LogP contribution in [0.2, 0.25) is 14.4 Å². The number of nitrogens with zero attached hydrogens (tertiary/aromatic N) is 1. The van der Waals surface area contributed by atoms with Crippen molar-refractivity contribution in [3.63, 3.8) is 0 Å². The lowest BCUT2D eigenvalue weighted by atomic mass is 10.1. The lowest BCUT2D eigenvalue weighted by Crippen LogP contribution is -2.23. The molecule has 188 valence electrons. The number of anilines is 1. The van der Waals surface area contributed by atoms with E-state index in [1.54, 1.807) is 12.1 Å². The monoisotopic (exact) mass is 584 g/mol. The van der Waals surface area contributed by atoms with Gasteiger partial charge in [0.2, 0.25) is 0 Å². The highest BCUT2D eigenvalue weighted by Crippen LogP contribution is 2.42. The van der Waals surface area contributed by atoms with Crippen molar-refractivity contribution in [2.45, 2.75) is 22.9 Å². The zero-order chi connectivity index (χ0) is 25.5. The normalized spacial score (nSPS) is 17.1. The predicted molar refractivity (Wildman–Crippen MR) is 134 cm³/mol. The molecule has 35 heavy (non-hydrogen) atoms. The van der Waals surface area contributed by atoms with Crippen LogP contribution in [0.1, 0.15) is 12.0 Å². The summed E-state index contributed by atoms with van der Waals surface area (Å²) in [4.78, 5) is 1.94. The first kappa shape index (κ1) is 26.4. The molecule has 4 rings (SSSR count). The Hall–Kier alpha value is -1.69. The van der Waals surface area contributed by atoms with Gasteiger partial charge in [-0.05, 0) is 43.8 Å². The minimum absolute atomic E-state index is 0.0741. The molecular formula is C22H18Cl3F3N2O3S2. The third-order valence-corrected chi connectivity index (χ3v) is 9.09. The molecule has 0 radical (unpaired) electrons. The molecular weight excluding hydrogens is 568 g/mol. The van der Waals surface area contributed by atoms with E-state index >= 15 is 0 Å². The summed E-state index contributed by atoms with van der Waals surface area (Å²) in [6.45, 7) is 1.16. The average molecular weight is 586 g/mol. The Bertz CT molecular complexity index is 1360. The average Bonchev–Trinajstić information content (AvgIpc) is 3.33. The summed E-state index contributed by atoms with van der Waals surface area (Å²) in [6, 6.07) is 8.94. The lowest BCUT2D eigenvalue weighted by molar-refractivity contribution is -0.139. The molecule has 1 aliphatic rings. The molecule has 0 bridgehead atoms. The van der Waals surface area contributed by atoms with E-state index in [2.05, 4.69) is 4.72 Å². The van der Waals surface area contributed by atoms with E-state index < -0.39 is 33.6 Å². The largest absolute Gasteiger partial charge is 0.488 e. The topological polar surface area (TPSA) is 58.6 Å². The minimum atomic E-state index is -4.66. The number of thiophene rings is 1. The van der Waals surface area contributed by atoms with Crippen LogP contribution in [0.5, 0.6) is 5.75 Å². The molecule has 1 saturated heterocycles. The standard InChI is InChI=1S/C22H18Cl3F3N2O3S2/c1-30-7-6-14(11-30)33-19-9-13(3-5-17(19)22(26,27)28)29-35(31,32)20-10-16(21(25)34-20)15-4-2-12(23)8-18(15)24/h2-5,8-10,14,29H,6-7,11H2,1H3/t14-/m1/s1. The van der Waals surface area contributed by atoms with Gasteiger partial charge in [0.05, 0.1) is 11.3 Å². The van der Waals surface area contributed by atoms with Crippen molar-refractivity contribution in [3.05, 3.63) is 62.4 Å². The molecule has 0 unspecified atom stereocenters. The quantitative estimate of drug-likeness (QED) is 0.330. The van der Waals surface area contributed by atoms with E-state index in [9.17, 15) is 21.6 Å². The van der Waals surface area contributed by atoms with Crippen molar-refractivity contribution >= 4 is 61.9 Å². The van der Waals surface area contributed by atoms with Crippen molar-refractivity contribution in [2.24, 2.45) is 0 Å². The van der Waals surface area contributed by atoms with Crippen molar-refractivity contribution in [3.8, 4) is 16.9 Å². The van der Waals surface area contributed by atoms with Gasteiger partial charge >= 0.3 is 6.18 Å². The molecule has 3 aromatic rings. The molecule has 1 aliphatic heterocycles. The van der Waals surface area contributed by atoms with Crippen molar-refractivity contribution < 1.29 is 26.3 Å². The summed E-state index contributed by atoms with van der Waals surface area (Å²) >= 11 is 19.2. The van der Waals surface area contributed by atoms with Crippen LogP contribution < -0.4 is 9.46 Å². The maximum atomic E-state index is 13.5. The first-order chi connectivity index (χ1) is 16.3. The number of likely N-dealkylation sites (tertiary alicyclic amines) is 1. The second-order valence-electron chi connectivity index (χ2n) is 7.98.